The molecule has 0 spiro atoms. The van der Waals surface area contributed by atoms with Crippen LogP contribution in [0.2, 0.25) is 10.0 Å². The maximum Gasteiger partial charge on any atom is 0.417 e. The molecular formula is C19H23Cl2N3O4S. The Morgan fingerprint density at radius 3 is 2.48 bits per heavy atom. The molecule has 158 valence electrons. The monoisotopic (exact) mass is 459 g/mol. The molecule has 1 aromatic heterocycles. The fourth-order valence-corrected chi connectivity index (χ4v) is 3.60. The van der Waals surface area contributed by atoms with Gasteiger partial charge in [-0.1, -0.05) is 29.6 Å². The largest absolute Gasteiger partial charge is 0.473 e. The summed E-state index contributed by atoms with van der Waals surface area (Å²) in [5.41, 5.74) is 1.68. The van der Waals surface area contributed by atoms with Gasteiger partial charge in [0.1, 0.15) is 11.6 Å². The van der Waals surface area contributed by atoms with E-state index in [1.807, 2.05) is 13.0 Å². The van der Waals surface area contributed by atoms with E-state index in [2.05, 4.69) is 15.2 Å². The number of piperidine rings is 1. The van der Waals surface area contributed by atoms with Crippen LogP contribution in [0.25, 0.3) is 5.69 Å². The van der Waals surface area contributed by atoms with Crippen LogP contribution in [0.4, 0.5) is 0 Å². The van der Waals surface area contributed by atoms with Crippen molar-refractivity contribution in [3.05, 3.63) is 40.0 Å². The number of hydrogen-bond acceptors (Lipinski definition) is 6. The predicted molar refractivity (Wildman–Crippen MR) is 114 cm³/mol. The number of aromatic nitrogens is 2. The Kier molecular flexibility index (Phi) is 9.80. The molecule has 2 heterocycles. The maximum atomic E-state index is 10.8. The van der Waals surface area contributed by atoms with Gasteiger partial charge in [-0.05, 0) is 57.1 Å². The number of aryl methyl sites for hydroxylation is 1. The second kappa shape index (κ2) is 12.1. The number of aliphatic carboxylic acids is 1. The molecule has 1 aromatic carbocycles. The number of carboxylic acids is 1. The quantitative estimate of drug-likeness (QED) is 0.302. The highest BCUT2D eigenvalue weighted by molar-refractivity contribution is 7.99. The van der Waals surface area contributed by atoms with Crippen molar-refractivity contribution >= 4 is 46.9 Å². The molecule has 1 fully saturated rings. The molecule has 7 nitrogen and oxygen atoms in total. The van der Waals surface area contributed by atoms with Gasteiger partial charge in [0.05, 0.1) is 15.7 Å². The van der Waals surface area contributed by atoms with E-state index < -0.39 is 11.9 Å². The van der Waals surface area contributed by atoms with Crippen molar-refractivity contribution < 1.29 is 19.4 Å². The molecule has 0 radical (unpaired) electrons. The number of carbonyl (C=O) groups excluding carboxylic acids is 1. The van der Waals surface area contributed by atoms with Gasteiger partial charge in [0.25, 0.3) is 0 Å². The predicted octanol–water partition coefficient (Wildman–Crippen LogP) is 3.97. The number of carbonyl (C=O) groups is 2. The Morgan fingerprint density at radius 1 is 1.21 bits per heavy atom. The van der Waals surface area contributed by atoms with Crippen LogP contribution in [0.15, 0.2) is 29.3 Å². The highest BCUT2D eigenvalue weighted by Crippen LogP contribution is 2.26. The Bertz CT molecular complexity index is 829. The van der Waals surface area contributed by atoms with Crippen LogP contribution < -0.4 is 5.32 Å². The third-order valence-electron chi connectivity index (χ3n) is 3.96. The first kappa shape index (κ1) is 23.5. The minimum atomic E-state index is -1.60. The lowest BCUT2D eigenvalue weighted by Gasteiger charge is -2.08. The van der Waals surface area contributed by atoms with Crippen LogP contribution in [0.5, 0.6) is 0 Å². The van der Waals surface area contributed by atoms with Crippen LogP contribution in [0.1, 0.15) is 25.0 Å². The summed E-state index contributed by atoms with van der Waals surface area (Å²) in [6, 6.07) is 7.08. The lowest BCUT2D eigenvalue weighted by atomic mass is 10.2. The van der Waals surface area contributed by atoms with Crippen LogP contribution >= 0.6 is 35.0 Å². The molecule has 0 amide bonds. The van der Waals surface area contributed by atoms with Gasteiger partial charge in [-0.3, -0.25) is 0 Å². The van der Waals surface area contributed by atoms with Crippen LogP contribution in [-0.2, 0) is 14.3 Å². The number of hydrogen-bond donors (Lipinski definition) is 2. The lowest BCUT2D eigenvalue weighted by Crippen LogP contribution is -2.21. The van der Waals surface area contributed by atoms with Crippen molar-refractivity contribution in [3.8, 4) is 5.69 Å². The van der Waals surface area contributed by atoms with Gasteiger partial charge in [-0.25, -0.2) is 14.3 Å². The average molecular weight is 460 g/mol. The summed E-state index contributed by atoms with van der Waals surface area (Å²) >= 11 is 13.3. The number of thioether (sulfide) groups is 1. The van der Waals surface area contributed by atoms with Gasteiger partial charge in [-0.15, -0.1) is 11.8 Å². The van der Waals surface area contributed by atoms with Crippen molar-refractivity contribution in [1.29, 1.82) is 0 Å². The highest BCUT2D eigenvalue weighted by Gasteiger charge is 2.13. The van der Waals surface area contributed by atoms with E-state index in [0.29, 0.717) is 15.8 Å². The summed E-state index contributed by atoms with van der Waals surface area (Å²) in [5.74, 6) is -2.46. The number of ether oxygens (including phenoxy) is 1. The van der Waals surface area contributed by atoms with Gasteiger partial charge in [0.2, 0.25) is 0 Å². The molecule has 2 aromatic rings. The molecule has 0 unspecified atom stereocenters. The topological polar surface area (TPSA) is 93.4 Å². The summed E-state index contributed by atoms with van der Waals surface area (Å²) < 4.78 is 6.27. The van der Waals surface area contributed by atoms with Crippen molar-refractivity contribution in [2.75, 3.05) is 25.4 Å². The molecule has 10 heteroatoms. The summed E-state index contributed by atoms with van der Waals surface area (Å²) in [7, 11) is 0. The molecule has 0 atom stereocenters. The normalized spacial score (nSPS) is 13.3. The first-order valence-electron chi connectivity index (χ1n) is 9.14. The van der Waals surface area contributed by atoms with Gasteiger partial charge in [0, 0.05) is 11.4 Å². The van der Waals surface area contributed by atoms with Gasteiger partial charge >= 0.3 is 11.9 Å². The molecule has 1 aliphatic rings. The number of rotatable bonds is 5. The standard InChI is InChI=1S/C14H12Cl2N2O4S.C5H11N/c1-8-6-12(23-5-4-22-14(21)13(19)20)17-18(8)9-2-3-10(15)11(16)7-9;1-2-4-6-5-3-1/h2-3,6-7H,4-5H2,1H3,(H,19,20);6H,1-5H2. The smallest absolute Gasteiger partial charge is 0.417 e. The molecule has 1 aliphatic heterocycles. The van der Waals surface area contributed by atoms with Crippen LogP contribution in [0, 0.1) is 6.92 Å². The first-order chi connectivity index (χ1) is 13.9. The first-order valence-corrected chi connectivity index (χ1v) is 10.9. The fourth-order valence-electron chi connectivity index (χ4n) is 2.54. The van der Waals surface area contributed by atoms with Crippen molar-refractivity contribution in [3.63, 3.8) is 0 Å². The van der Waals surface area contributed by atoms with Gasteiger partial charge < -0.3 is 15.2 Å². The van der Waals surface area contributed by atoms with E-state index in [4.69, 9.17) is 28.3 Å². The zero-order valence-corrected chi connectivity index (χ0v) is 18.3. The average Bonchev–Trinajstić information content (AvgIpc) is 3.09. The van der Waals surface area contributed by atoms with E-state index in [1.54, 1.807) is 22.9 Å². The fraction of sp³-hybridized carbons (Fsp3) is 0.421. The molecule has 29 heavy (non-hydrogen) atoms. The zero-order valence-electron chi connectivity index (χ0n) is 16.0. The van der Waals surface area contributed by atoms with E-state index in [0.717, 1.165) is 16.4 Å². The molecule has 1 saturated heterocycles. The minimum absolute atomic E-state index is 0.00548. The lowest BCUT2D eigenvalue weighted by molar-refractivity contribution is -0.163. The summed E-state index contributed by atoms with van der Waals surface area (Å²) in [6.45, 7) is 4.39. The SMILES string of the molecule is C1CCNCC1.Cc1cc(SCCOC(=O)C(=O)O)nn1-c1ccc(Cl)c(Cl)c1. The van der Waals surface area contributed by atoms with Crippen molar-refractivity contribution in [2.24, 2.45) is 0 Å². The number of esters is 1. The molecule has 0 bridgehead atoms. The molecular weight excluding hydrogens is 437 g/mol. The maximum absolute atomic E-state index is 10.8. The van der Waals surface area contributed by atoms with Gasteiger partial charge in [0.15, 0.2) is 0 Å². The van der Waals surface area contributed by atoms with E-state index in [-0.39, 0.29) is 6.61 Å². The Labute approximate surface area is 183 Å². The number of carboxylic acid groups (broad SMARTS) is 1. The van der Waals surface area contributed by atoms with Crippen molar-refractivity contribution in [1.82, 2.24) is 15.1 Å². The zero-order chi connectivity index (χ0) is 21.2. The van der Waals surface area contributed by atoms with E-state index in [1.165, 1.54) is 44.1 Å². The van der Waals surface area contributed by atoms with E-state index >= 15 is 0 Å². The number of nitrogens with one attached hydrogen (secondary N) is 1. The summed E-state index contributed by atoms with van der Waals surface area (Å²) in [5, 5.41) is 17.7. The molecule has 2 N–H and O–H groups in total. The Hall–Kier alpha value is -1.74. The molecule has 3 rings (SSSR count). The highest BCUT2D eigenvalue weighted by atomic mass is 35.5. The Balaban J connectivity index is 0.000000426. The Morgan fingerprint density at radius 2 is 1.93 bits per heavy atom. The summed E-state index contributed by atoms with van der Waals surface area (Å²) in [4.78, 5) is 21.1. The number of benzene rings is 1. The van der Waals surface area contributed by atoms with Gasteiger partial charge in [-0.2, -0.15) is 5.10 Å². The molecule has 0 saturated carbocycles. The minimum Gasteiger partial charge on any atom is -0.473 e. The summed E-state index contributed by atoms with van der Waals surface area (Å²) in [6.07, 6.45) is 4.22. The third kappa shape index (κ3) is 7.89. The second-order valence-corrected chi connectivity index (χ2v) is 8.16. The second-order valence-electron chi connectivity index (χ2n) is 6.23. The van der Waals surface area contributed by atoms with Crippen LogP contribution in [0.3, 0.4) is 0 Å². The third-order valence-corrected chi connectivity index (χ3v) is 5.57. The van der Waals surface area contributed by atoms with Crippen molar-refractivity contribution in [2.45, 2.75) is 31.2 Å². The number of nitrogens with zero attached hydrogens (tertiary/aromatic N) is 2. The number of halogens is 2. The van der Waals surface area contributed by atoms with E-state index in [9.17, 15) is 9.59 Å². The van der Waals surface area contributed by atoms with Crippen LogP contribution in [-0.4, -0.2) is 52.3 Å². The molecule has 0 aliphatic carbocycles.